The molecule has 1 N–H and O–H groups in total. The molecule has 1 heterocycles. The van der Waals surface area contributed by atoms with E-state index in [1.807, 2.05) is 25.1 Å². The van der Waals surface area contributed by atoms with E-state index in [-0.39, 0.29) is 11.8 Å². The average molecular weight is 360 g/mol. The molecule has 1 saturated heterocycles. The summed E-state index contributed by atoms with van der Waals surface area (Å²) in [5, 5.41) is 2.80. The van der Waals surface area contributed by atoms with Gasteiger partial charge in [-0.1, -0.05) is 26.8 Å². The van der Waals surface area contributed by atoms with E-state index in [2.05, 4.69) is 19.2 Å². The number of piperazine rings is 1. The number of methoxy groups -OCH3 is 1. The van der Waals surface area contributed by atoms with E-state index < -0.39 is 6.04 Å². The van der Waals surface area contributed by atoms with Crippen molar-refractivity contribution < 1.29 is 19.1 Å². The summed E-state index contributed by atoms with van der Waals surface area (Å²) in [5.41, 5.74) is 0.835. The molecule has 6 nitrogen and oxygen atoms in total. The molecule has 2 rings (SSSR count). The van der Waals surface area contributed by atoms with Gasteiger partial charge in [0, 0.05) is 19.2 Å². The maximum atomic E-state index is 12.5. The SMILES string of the molecule is CCC1C(=O)NCCN1C(=O)/C=C/c1ccc(OCC(C)C)c(OC)c1. The average Bonchev–Trinajstić information content (AvgIpc) is 2.64. The van der Waals surface area contributed by atoms with Gasteiger partial charge in [0.05, 0.1) is 13.7 Å². The van der Waals surface area contributed by atoms with Crippen molar-refractivity contribution in [2.24, 2.45) is 5.92 Å². The molecule has 142 valence electrons. The highest BCUT2D eigenvalue weighted by Crippen LogP contribution is 2.29. The van der Waals surface area contributed by atoms with E-state index in [0.717, 1.165) is 5.56 Å². The molecule has 1 aromatic carbocycles. The Morgan fingerprint density at radius 3 is 2.81 bits per heavy atom. The van der Waals surface area contributed by atoms with E-state index in [1.165, 1.54) is 6.08 Å². The van der Waals surface area contributed by atoms with Crippen LogP contribution in [0, 0.1) is 5.92 Å². The number of nitrogens with zero attached hydrogens (tertiary/aromatic N) is 1. The molecule has 1 fully saturated rings. The molecule has 0 saturated carbocycles. The highest BCUT2D eigenvalue weighted by atomic mass is 16.5. The number of hydrogen-bond acceptors (Lipinski definition) is 4. The molecule has 1 atom stereocenters. The predicted octanol–water partition coefficient (Wildman–Crippen LogP) is 2.48. The number of amides is 2. The van der Waals surface area contributed by atoms with Crippen LogP contribution >= 0.6 is 0 Å². The quantitative estimate of drug-likeness (QED) is 0.759. The fourth-order valence-corrected chi connectivity index (χ4v) is 2.81. The van der Waals surface area contributed by atoms with E-state index in [4.69, 9.17) is 9.47 Å². The van der Waals surface area contributed by atoms with Crippen molar-refractivity contribution >= 4 is 17.9 Å². The number of carbonyl (C=O) groups excluding carboxylic acids is 2. The summed E-state index contributed by atoms with van der Waals surface area (Å²) < 4.78 is 11.1. The fraction of sp³-hybridized carbons (Fsp3) is 0.500. The van der Waals surface area contributed by atoms with Gasteiger partial charge in [-0.15, -0.1) is 0 Å². The van der Waals surface area contributed by atoms with Crippen LogP contribution in [0.3, 0.4) is 0 Å². The molecule has 6 heteroatoms. The number of ether oxygens (including phenoxy) is 2. The van der Waals surface area contributed by atoms with E-state index in [1.54, 1.807) is 18.1 Å². The maximum absolute atomic E-state index is 12.5. The number of nitrogens with one attached hydrogen (secondary N) is 1. The minimum absolute atomic E-state index is 0.0891. The molecule has 0 aromatic heterocycles. The Morgan fingerprint density at radius 1 is 1.38 bits per heavy atom. The summed E-state index contributed by atoms with van der Waals surface area (Å²) >= 11 is 0. The van der Waals surface area contributed by atoms with Gasteiger partial charge in [-0.2, -0.15) is 0 Å². The Kier molecular flexibility index (Phi) is 7.06. The number of rotatable bonds is 7. The summed E-state index contributed by atoms with van der Waals surface area (Å²) in [6.45, 7) is 7.70. The molecule has 1 aliphatic heterocycles. The molecule has 0 bridgehead atoms. The molecule has 2 amide bonds. The highest BCUT2D eigenvalue weighted by Gasteiger charge is 2.30. The van der Waals surface area contributed by atoms with Crippen LogP contribution in [0.5, 0.6) is 11.5 Å². The topological polar surface area (TPSA) is 67.9 Å². The first-order valence-electron chi connectivity index (χ1n) is 9.03. The first kappa shape index (κ1) is 19.8. The van der Waals surface area contributed by atoms with Gasteiger partial charge >= 0.3 is 0 Å². The third kappa shape index (κ3) is 5.00. The summed E-state index contributed by atoms with van der Waals surface area (Å²) in [7, 11) is 1.59. The van der Waals surface area contributed by atoms with Gasteiger partial charge in [-0.3, -0.25) is 9.59 Å². The third-order valence-corrected chi connectivity index (χ3v) is 4.18. The second-order valence-electron chi connectivity index (χ2n) is 6.70. The largest absolute Gasteiger partial charge is 0.493 e. The Morgan fingerprint density at radius 2 is 2.15 bits per heavy atom. The van der Waals surface area contributed by atoms with Gasteiger partial charge in [0.15, 0.2) is 11.5 Å². The van der Waals surface area contributed by atoms with Crippen LogP contribution in [-0.4, -0.2) is 49.6 Å². The van der Waals surface area contributed by atoms with Crippen molar-refractivity contribution in [2.75, 3.05) is 26.8 Å². The Labute approximate surface area is 155 Å². The normalized spacial score (nSPS) is 17.5. The molecule has 0 aliphatic carbocycles. The molecule has 0 radical (unpaired) electrons. The van der Waals surface area contributed by atoms with E-state index in [9.17, 15) is 9.59 Å². The summed E-state index contributed by atoms with van der Waals surface area (Å²) in [4.78, 5) is 26.0. The van der Waals surface area contributed by atoms with Gasteiger partial charge in [-0.05, 0) is 36.1 Å². The first-order valence-corrected chi connectivity index (χ1v) is 9.03. The monoisotopic (exact) mass is 360 g/mol. The Bertz CT molecular complexity index is 670. The molecule has 1 unspecified atom stereocenters. The molecular weight excluding hydrogens is 332 g/mol. The lowest BCUT2D eigenvalue weighted by Gasteiger charge is -2.33. The lowest BCUT2D eigenvalue weighted by atomic mass is 10.1. The van der Waals surface area contributed by atoms with Crippen LogP contribution in [0.1, 0.15) is 32.8 Å². The van der Waals surface area contributed by atoms with Crippen molar-refractivity contribution in [1.82, 2.24) is 10.2 Å². The number of carbonyl (C=O) groups is 2. The lowest BCUT2D eigenvalue weighted by Crippen LogP contribution is -2.56. The van der Waals surface area contributed by atoms with Gasteiger partial charge in [0.1, 0.15) is 6.04 Å². The predicted molar refractivity (Wildman–Crippen MR) is 101 cm³/mol. The van der Waals surface area contributed by atoms with Crippen molar-refractivity contribution in [1.29, 1.82) is 0 Å². The number of benzene rings is 1. The standard InChI is InChI=1S/C20H28N2O4/c1-5-16-20(24)21-10-11-22(16)19(23)9-7-15-6-8-17(18(12-15)25-4)26-13-14(2)3/h6-9,12,14,16H,5,10-11,13H2,1-4H3,(H,21,24)/b9-7+. The zero-order chi connectivity index (χ0) is 19.1. The van der Waals surface area contributed by atoms with Crippen LogP contribution in [-0.2, 0) is 9.59 Å². The van der Waals surface area contributed by atoms with E-state index in [0.29, 0.717) is 43.5 Å². The van der Waals surface area contributed by atoms with Gasteiger partial charge in [0.25, 0.3) is 0 Å². The first-order chi connectivity index (χ1) is 12.5. The lowest BCUT2D eigenvalue weighted by molar-refractivity contribution is -0.140. The molecule has 0 spiro atoms. The zero-order valence-electron chi connectivity index (χ0n) is 16.0. The molecule has 1 aromatic rings. The number of hydrogen-bond donors (Lipinski definition) is 1. The van der Waals surface area contributed by atoms with Crippen molar-refractivity contribution in [2.45, 2.75) is 33.2 Å². The van der Waals surface area contributed by atoms with Crippen LogP contribution in [0.25, 0.3) is 6.08 Å². The smallest absolute Gasteiger partial charge is 0.247 e. The Balaban J connectivity index is 2.09. The van der Waals surface area contributed by atoms with Crippen LogP contribution < -0.4 is 14.8 Å². The van der Waals surface area contributed by atoms with Crippen LogP contribution in [0.2, 0.25) is 0 Å². The van der Waals surface area contributed by atoms with Gasteiger partial charge < -0.3 is 19.7 Å². The minimum Gasteiger partial charge on any atom is -0.493 e. The third-order valence-electron chi connectivity index (χ3n) is 4.18. The highest BCUT2D eigenvalue weighted by molar-refractivity contribution is 5.96. The minimum atomic E-state index is -0.401. The van der Waals surface area contributed by atoms with Crippen LogP contribution in [0.4, 0.5) is 0 Å². The van der Waals surface area contributed by atoms with Crippen molar-refractivity contribution in [3.8, 4) is 11.5 Å². The molecule has 26 heavy (non-hydrogen) atoms. The molecular formula is C20H28N2O4. The second-order valence-corrected chi connectivity index (χ2v) is 6.70. The van der Waals surface area contributed by atoms with Gasteiger partial charge in [-0.25, -0.2) is 0 Å². The maximum Gasteiger partial charge on any atom is 0.247 e. The summed E-state index contributed by atoms with van der Waals surface area (Å²) in [6.07, 6.45) is 3.84. The molecule has 1 aliphatic rings. The van der Waals surface area contributed by atoms with E-state index >= 15 is 0 Å². The summed E-state index contributed by atoms with van der Waals surface area (Å²) in [6, 6.07) is 5.15. The van der Waals surface area contributed by atoms with Gasteiger partial charge in [0.2, 0.25) is 11.8 Å². The fourth-order valence-electron chi connectivity index (χ4n) is 2.81. The second kappa shape index (κ2) is 9.27. The summed E-state index contributed by atoms with van der Waals surface area (Å²) in [5.74, 6) is 1.48. The zero-order valence-corrected chi connectivity index (χ0v) is 16.0. The van der Waals surface area contributed by atoms with Crippen LogP contribution in [0.15, 0.2) is 24.3 Å². The van der Waals surface area contributed by atoms with Crippen molar-refractivity contribution in [3.05, 3.63) is 29.8 Å². The van der Waals surface area contributed by atoms with Crippen molar-refractivity contribution in [3.63, 3.8) is 0 Å². The Hall–Kier alpha value is -2.50.